The van der Waals surface area contributed by atoms with E-state index in [1.165, 1.54) is 51.4 Å². The van der Waals surface area contributed by atoms with Crippen LogP contribution in [0.2, 0.25) is 0 Å². The highest BCUT2D eigenvalue weighted by Crippen LogP contribution is 2.12. The van der Waals surface area contributed by atoms with Crippen LogP contribution in [0.5, 0.6) is 0 Å². The summed E-state index contributed by atoms with van der Waals surface area (Å²) < 4.78 is 16.7. The van der Waals surface area contributed by atoms with Gasteiger partial charge < -0.3 is 14.2 Å². The minimum absolute atomic E-state index is 0.106. The Hall–Kier alpha value is -3.67. The molecule has 0 radical (unpaired) electrons. The second kappa shape index (κ2) is 49.0. The molecule has 0 aliphatic carbocycles. The van der Waals surface area contributed by atoms with Crippen LogP contribution in [0.15, 0.2) is 97.2 Å². The van der Waals surface area contributed by atoms with E-state index in [2.05, 4.69) is 118 Å². The average molecular weight is 847 g/mol. The zero-order valence-electron chi connectivity index (χ0n) is 39.4. The third-order valence-corrected chi connectivity index (χ3v) is 10.0. The fourth-order valence-corrected chi connectivity index (χ4v) is 6.30. The van der Waals surface area contributed by atoms with Gasteiger partial charge in [0.05, 0.1) is 0 Å². The number of rotatable bonds is 43. The van der Waals surface area contributed by atoms with Gasteiger partial charge in [-0.2, -0.15) is 0 Å². The highest BCUT2D eigenvalue weighted by Gasteiger charge is 2.19. The first-order valence-corrected chi connectivity index (χ1v) is 24.7. The van der Waals surface area contributed by atoms with Crippen LogP contribution in [-0.4, -0.2) is 37.2 Å². The lowest BCUT2D eigenvalue weighted by Gasteiger charge is -2.18. The SMILES string of the molecule is CC/C=C\C/C=C\C/C=C\C/C=C\CCCCC(=O)OC[C@H](COC(=O)CCCCCCC/C=C\CCCC)OC(=O)CCCCCC/C=C\C/C=C\C/C=C\CCCCC. The minimum atomic E-state index is -0.809. The number of allylic oxidation sites excluding steroid dienone is 16. The zero-order chi connectivity index (χ0) is 44.4. The monoisotopic (exact) mass is 847 g/mol. The maximum absolute atomic E-state index is 12.8. The van der Waals surface area contributed by atoms with E-state index in [1.807, 2.05) is 0 Å². The van der Waals surface area contributed by atoms with Gasteiger partial charge in [-0.1, -0.05) is 176 Å². The predicted molar refractivity (Wildman–Crippen MR) is 260 cm³/mol. The summed E-state index contributed by atoms with van der Waals surface area (Å²) in [4.78, 5) is 37.9. The molecule has 346 valence electrons. The topological polar surface area (TPSA) is 78.9 Å². The lowest BCUT2D eigenvalue weighted by atomic mass is 10.1. The van der Waals surface area contributed by atoms with E-state index in [0.717, 1.165) is 122 Å². The van der Waals surface area contributed by atoms with Gasteiger partial charge in [-0.15, -0.1) is 0 Å². The third kappa shape index (κ3) is 47.2. The third-order valence-electron chi connectivity index (χ3n) is 10.0. The molecule has 0 aliphatic heterocycles. The molecule has 6 heteroatoms. The van der Waals surface area contributed by atoms with Gasteiger partial charge in [0, 0.05) is 19.3 Å². The Balaban J connectivity index is 4.51. The summed E-state index contributed by atoms with van der Waals surface area (Å²) in [5.41, 5.74) is 0. The Kier molecular flexibility index (Phi) is 46.0. The molecule has 1 atom stereocenters. The molecule has 0 aromatic rings. The lowest BCUT2D eigenvalue weighted by molar-refractivity contribution is -0.167. The molecular formula is C55H90O6. The summed E-state index contributed by atoms with van der Waals surface area (Å²) in [6.45, 7) is 6.37. The van der Waals surface area contributed by atoms with Crippen molar-refractivity contribution in [3.63, 3.8) is 0 Å². The molecule has 0 aromatic heterocycles. The van der Waals surface area contributed by atoms with E-state index in [-0.39, 0.29) is 37.5 Å². The summed E-state index contributed by atoms with van der Waals surface area (Å²) in [7, 11) is 0. The first kappa shape index (κ1) is 57.3. The van der Waals surface area contributed by atoms with Crippen molar-refractivity contribution >= 4 is 17.9 Å². The smallest absolute Gasteiger partial charge is 0.306 e. The van der Waals surface area contributed by atoms with Gasteiger partial charge in [-0.3, -0.25) is 14.4 Å². The van der Waals surface area contributed by atoms with Crippen molar-refractivity contribution in [2.24, 2.45) is 0 Å². The number of ether oxygens (including phenoxy) is 3. The highest BCUT2D eigenvalue weighted by molar-refractivity contribution is 5.71. The molecule has 0 bridgehead atoms. The Morgan fingerprint density at radius 1 is 0.344 bits per heavy atom. The van der Waals surface area contributed by atoms with Gasteiger partial charge in [0.15, 0.2) is 6.10 Å². The second-order valence-electron chi connectivity index (χ2n) is 16.0. The van der Waals surface area contributed by atoms with Gasteiger partial charge >= 0.3 is 17.9 Å². The summed E-state index contributed by atoms with van der Waals surface area (Å²) in [5, 5.41) is 0. The van der Waals surface area contributed by atoms with Crippen LogP contribution in [0.25, 0.3) is 0 Å². The minimum Gasteiger partial charge on any atom is -0.462 e. The van der Waals surface area contributed by atoms with E-state index >= 15 is 0 Å². The molecule has 61 heavy (non-hydrogen) atoms. The normalized spacial score (nSPS) is 12.9. The van der Waals surface area contributed by atoms with E-state index in [4.69, 9.17) is 14.2 Å². The van der Waals surface area contributed by atoms with Crippen molar-refractivity contribution in [2.45, 2.75) is 219 Å². The number of hydrogen-bond donors (Lipinski definition) is 0. The Labute approximate surface area is 375 Å². The maximum Gasteiger partial charge on any atom is 0.306 e. The van der Waals surface area contributed by atoms with Crippen molar-refractivity contribution in [3.05, 3.63) is 97.2 Å². The maximum atomic E-state index is 12.8. The Morgan fingerprint density at radius 3 is 1.10 bits per heavy atom. The molecule has 6 nitrogen and oxygen atoms in total. The first-order valence-electron chi connectivity index (χ1n) is 24.7. The molecule has 0 amide bonds. The molecule has 0 N–H and O–H groups in total. The van der Waals surface area contributed by atoms with Crippen LogP contribution in [-0.2, 0) is 28.6 Å². The average Bonchev–Trinajstić information content (AvgIpc) is 3.26. The first-order chi connectivity index (χ1) is 30.0. The fourth-order valence-electron chi connectivity index (χ4n) is 6.30. The van der Waals surface area contributed by atoms with E-state index in [9.17, 15) is 14.4 Å². The van der Waals surface area contributed by atoms with Gasteiger partial charge in [0.2, 0.25) is 0 Å². The quantitative estimate of drug-likeness (QED) is 0.0263. The summed E-state index contributed by atoms with van der Waals surface area (Å²) >= 11 is 0. The van der Waals surface area contributed by atoms with Crippen molar-refractivity contribution in [3.8, 4) is 0 Å². The van der Waals surface area contributed by atoms with Crippen LogP contribution >= 0.6 is 0 Å². The van der Waals surface area contributed by atoms with Crippen molar-refractivity contribution in [1.29, 1.82) is 0 Å². The molecule has 0 saturated carbocycles. The molecule has 0 aliphatic rings. The summed E-state index contributed by atoms with van der Waals surface area (Å²) in [6, 6.07) is 0. The molecule has 0 spiro atoms. The summed E-state index contributed by atoms with van der Waals surface area (Å²) in [6.07, 6.45) is 63.9. The number of carbonyl (C=O) groups is 3. The molecule has 0 saturated heterocycles. The molecule has 0 aromatic carbocycles. The van der Waals surface area contributed by atoms with Gasteiger partial charge in [-0.25, -0.2) is 0 Å². The number of unbranched alkanes of at least 4 members (excludes halogenated alkanes) is 16. The van der Waals surface area contributed by atoms with Crippen LogP contribution < -0.4 is 0 Å². The molecule has 0 unspecified atom stereocenters. The van der Waals surface area contributed by atoms with Crippen molar-refractivity contribution in [2.75, 3.05) is 13.2 Å². The van der Waals surface area contributed by atoms with Crippen LogP contribution in [0.4, 0.5) is 0 Å². The van der Waals surface area contributed by atoms with E-state index < -0.39 is 6.10 Å². The van der Waals surface area contributed by atoms with Crippen LogP contribution in [0.1, 0.15) is 213 Å². The number of esters is 3. The fraction of sp³-hybridized carbons (Fsp3) is 0.655. The van der Waals surface area contributed by atoms with Crippen molar-refractivity contribution in [1.82, 2.24) is 0 Å². The zero-order valence-corrected chi connectivity index (χ0v) is 39.4. The Bertz CT molecular complexity index is 1250. The highest BCUT2D eigenvalue weighted by atomic mass is 16.6. The standard InChI is InChI=1S/C55H90O6/c1-4-7-10-13-16-19-22-24-26-27-29-31-34-37-40-43-46-49-55(58)61-52(50-59-53(56)47-44-41-38-35-32-21-18-15-12-9-6-3)51-60-54(57)48-45-42-39-36-33-30-28-25-23-20-17-14-11-8-5-2/h8,11,15-20,24-26,28-29,31,33,36,52H,4-7,9-10,12-14,21-23,27,30,32,34-35,37-51H2,1-3H3/b11-8-,18-15-,19-16-,20-17-,26-24-,28-25-,31-29-,36-33-/t52-/m0/s1. The van der Waals surface area contributed by atoms with Crippen LogP contribution in [0, 0.1) is 0 Å². The van der Waals surface area contributed by atoms with Gasteiger partial charge in [0.1, 0.15) is 13.2 Å². The Morgan fingerprint density at radius 2 is 0.656 bits per heavy atom. The van der Waals surface area contributed by atoms with Crippen molar-refractivity contribution < 1.29 is 28.6 Å². The predicted octanol–water partition coefficient (Wildman–Crippen LogP) is 16.2. The second-order valence-corrected chi connectivity index (χ2v) is 16.0. The molecule has 0 fully saturated rings. The van der Waals surface area contributed by atoms with E-state index in [1.54, 1.807) is 0 Å². The molecule has 0 rings (SSSR count). The molecular weight excluding hydrogens is 757 g/mol. The van der Waals surface area contributed by atoms with Gasteiger partial charge in [-0.05, 0) is 116 Å². The van der Waals surface area contributed by atoms with E-state index in [0.29, 0.717) is 12.8 Å². The summed E-state index contributed by atoms with van der Waals surface area (Å²) in [5.74, 6) is -0.987. The van der Waals surface area contributed by atoms with Crippen LogP contribution in [0.3, 0.4) is 0 Å². The lowest BCUT2D eigenvalue weighted by Crippen LogP contribution is -2.30. The molecule has 0 heterocycles. The number of hydrogen-bond acceptors (Lipinski definition) is 6. The largest absolute Gasteiger partial charge is 0.462 e. The number of carbonyl (C=O) groups excluding carboxylic acids is 3. The van der Waals surface area contributed by atoms with Gasteiger partial charge in [0.25, 0.3) is 0 Å².